The van der Waals surface area contributed by atoms with E-state index in [-0.39, 0.29) is 5.41 Å². The second-order valence-electron chi connectivity index (χ2n) is 13.2. The van der Waals surface area contributed by atoms with Crippen molar-refractivity contribution in [1.29, 1.82) is 0 Å². The van der Waals surface area contributed by atoms with E-state index in [4.69, 9.17) is 9.40 Å². The first kappa shape index (κ1) is 26.4. The van der Waals surface area contributed by atoms with Crippen LogP contribution in [0.15, 0.2) is 77.2 Å². The van der Waals surface area contributed by atoms with Gasteiger partial charge in [0.05, 0.1) is 22.3 Å². The molecule has 2 heterocycles. The van der Waals surface area contributed by atoms with Gasteiger partial charge in [0.2, 0.25) is 0 Å². The summed E-state index contributed by atoms with van der Waals surface area (Å²) in [5.74, 6) is 1.64. The van der Waals surface area contributed by atoms with Crippen molar-refractivity contribution in [2.45, 2.75) is 73.6 Å². The van der Waals surface area contributed by atoms with Crippen LogP contribution in [0.3, 0.4) is 0 Å². The molecule has 0 amide bonds. The molecular formula is C37H40N2O. The minimum Gasteiger partial charge on any atom is -0.455 e. The molecule has 0 atom stereocenters. The third kappa shape index (κ3) is 4.42. The van der Waals surface area contributed by atoms with Crippen LogP contribution in [0.2, 0.25) is 0 Å². The number of hydrogen-bond donors (Lipinski definition) is 0. The summed E-state index contributed by atoms with van der Waals surface area (Å²) in [6, 6.07) is 26.1. The topological polar surface area (TPSA) is 31.0 Å². The van der Waals surface area contributed by atoms with Crippen molar-refractivity contribution in [3.8, 4) is 17.1 Å². The third-order valence-corrected chi connectivity index (χ3v) is 7.97. The Bertz CT molecular complexity index is 1850. The summed E-state index contributed by atoms with van der Waals surface area (Å²) < 4.78 is 9.01. The Hall–Kier alpha value is -3.85. The maximum Gasteiger partial charge on any atom is 0.149 e. The second kappa shape index (κ2) is 9.66. The van der Waals surface area contributed by atoms with Gasteiger partial charge < -0.3 is 4.42 Å². The molecule has 0 aliphatic rings. The maximum absolute atomic E-state index is 6.58. The predicted molar refractivity (Wildman–Crippen MR) is 170 cm³/mol. The van der Waals surface area contributed by atoms with Crippen molar-refractivity contribution < 1.29 is 4.42 Å². The van der Waals surface area contributed by atoms with Crippen LogP contribution >= 0.6 is 0 Å². The molecule has 40 heavy (non-hydrogen) atoms. The summed E-state index contributed by atoms with van der Waals surface area (Å²) in [6.45, 7) is 18.4. The fraction of sp³-hybridized carbons (Fsp3) is 0.324. The van der Waals surface area contributed by atoms with Crippen molar-refractivity contribution >= 4 is 33.0 Å². The lowest BCUT2D eigenvalue weighted by Gasteiger charge is -2.26. The van der Waals surface area contributed by atoms with Gasteiger partial charge >= 0.3 is 0 Å². The SMILES string of the molecule is Cc1ccc2c(oc3ccccc32)c1-c1nc2ccccc2n1-c1c(C(C)C)cc(CC(C)(C)C)cc1C(C)C. The number of rotatable bonds is 5. The molecule has 3 nitrogen and oxygen atoms in total. The van der Waals surface area contributed by atoms with Crippen LogP contribution < -0.4 is 0 Å². The molecule has 0 bridgehead atoms. The number of furan rings is 1. The molecule has 204 valence electrons. The number of imidazole rings is 1. The average molecular weight is 529 g/mol. The molecule has 0 spiro atoms. The largest absolute Gasteiger partial charge is 0.455 e. The summed E-state index contributed by atoms with van der Waals surface area (Å²) in [5.41, 5.74) is 11.8. The zero-order valence-corrected chi connectivity index (χ0v) is 25.1. The van der Waals surface area contributed by atoms with Gasteiger partial charge in [-0.05, 0) is 71.0 Å². The van der Waals surface area contributed by atoms with Crippen LogP contribution in [0.5, 0.6) is 0 Å². The highest BCUT2D eigenvalue weighted by Crippen LogP contribution is 2.43. The van der Waals surface area contributed by atoms with E-state index >= 15 is 0 Å². The normalized spacial score (nSPS) is 12.6. The minimum absolute atomic E-state index is 0.213. The van der Waals surface area contributed by atoms with Crippen molar-refractivity contribution in [2.24, 2.45) is 5.41 Å². The van der Waals surface area contributed by atoms with Crippen LogP contribution in [0.1, 0.15) is 82.6 Å². The van der Waals surface area contributed by atoms with Gasteiger partial charge in [0.15, 0.2) is 0 Å². The lowest BCUT2D eigenvalue weighted by Crippen LogP contribution is -2.14. The monoisotopic (exact) mass is 528 g/mol. The Morgan fingerprint density at radius 1 is 0.800 bits per heavy atom. The summed E-state index contributed by atoms with van der Waals surface area (Å²) in [6.07, 6.45) is 1.04. The average Bonchev–Trinajstić information content (AvgIpc) is 3.45. The van der Waals surface area contributed by atoms with Gasteiger partial charge in [-0.2, -0.15) is 0 Å². The second-order valence-corrected chi connectivity index (χ2v) is 13.2. The van der Waals surface area contributed by atoms with Gasteiger partial charge in [0, 0.05) is 10.8 Å². The molecule has 0 unspecified atom stereocenters. The number of hydrogen-bond acceptors (Lipinski definition) is 2. The molecule has 0 aliphatic heterocycles. The van der Waals surface area contributed by atoms with E-state index in [1.165, 1.54) is 22.4 Å². The van der Waals surface area contributed by atoms with Crippen LogP contribution in [0.25, 0.3) is 50.0 Å². The Kier molecular flexibility index (Phi) is 6.37. The standard InChI is InChI=1S/C37H40N2O/c1-22(2)28-19-25(21-37(6,7)8)20-29(23(3)4)34(28)39-31-15-11-10-14-30(31)38-36(39)33-24(5)17-18-27-26-13-9-12-16-32(26)40-35(27)33/h9-20,22-23H,21H2,1-8H3. The zero-order chi connectivity index (χ0) is 28.3. The molecule has 3 heteroatoms. The summed E-state index contributed by atoms with van der Waals surface area (Å²) in [4.78, 5) is 5.33. The number of aromatic nitrogens is 2. The molecule has 6 aromatic rings. The third-order valence-electron chi connectivity index (χ3n) is 7.97. The molecule has 2 aromatic heterocycles. The van der Waals surface area contributed by atoms with Crippen LogP contribution in [-0.2, 0) is 6.42 Å². The van der Waals surface area contributed by atoms with E-state index < -0.39 is 0 Å². The molecular weight excluding hydrogens is 488 g/mol. The number of fused-ring (bicyclic) bond motifs is 4. The fourth-order valence-electron chi connectivity index (χ4n) is 6.18. The van der Waals surface area contributed by atoms with E-state index in [9.17, 15) is 0 Å². The number of aryl methyl sites for hydroxylation is 1. The van der Waals surface area contributed by atoms with Crippen molar-refractivity contribution in [1.82, 2.24) is 9.55 Å². The highest BCUT2D eigenvalue weighted by Gasteiger charge is 2.26. The Morgan fingerprint density at radius 3 is 2.12 bits per heavy atom. The number of para-hydroxylation sites is 3. The van der Waals surface area contributed by atoms with Gasteiger partial charge in [-0.3, -0.25) is 4.57 Å². The van der Waals surface area contributed by atoms with Gasteiger partial charge in [-0.1, -0.05) is 103 Å². The van der Waals surface area contributed by atoms with Gasteiger partial charge in [-0.25, -0.2) is 4.98 Å². The zero-order valence-electron chi connectivity index (χ0n) is 25.1. The fourth-order valence-corrected chi connectivity index (χ4v) is 6.18. The molecule has 0 saturated heterocycles. The summed E-state index contributed by atoms with van der Waals surface area (Å²) in [7, 11) is 0. The molecule has 6 rings (SSSR count). The van der Waals surface area contributed by atoms with Gasteiger partial charge in [-0.15, -0.1) is 0 Å². The highest BCUT2D eigenvalue weighted by molar-refractivity contribution is 6.10. The Balaban J connectivity index is 1.75. The quantitative estimate of drug-likeness (QED) is 0.223. The van der Waals surface area contributed by atoms with E-state index in [0.29, 0.717) is 11.8 Å². The van der Waals surface area contributed by atoms with E-state index in [1.807, 2.05) is 6.07 Å². The van der Waals surface area contributed by atoms with Gasteiger partial charge in [0.25, 0.3) is 0 Å². The molecule has 4 aromatic carbocycles. The summed E-state index contributed by atoms with van der Waals surface area (Å²) >= 11 is 0. The number of benzene rings is 4. The first-order valence-electron chi connectivity index (χ1n) is 14.6. The van der Waals surface area contributed by atoms with Gasteiger partial charge in [0.1, 0.15) is 17.0 Å². The van der Waals surface area contributed by atoms with E-state index in [1.54, 1.807) is 0 Å². The lowest BCUT2D eigenvalue weighted by atomic mass is 9.83. The highest BCUT2D eigenvalue weighted by atomic mass is 16.3. The van der Waals surface area contributed by atoms with Crippen LogP contribution in [0.4, 0.5) is 0 Å². The first-order valence-corrected chi connectivity index (χ1v) is 14.6. The smallest absolute Gasteiger partial charge is 0.149 e. The number of nitrogens with zero attached hydrogens (tertiary/aromatic N) is 2. The van der Waals surface area contributed by atoms with Crippen molar-refractivity contribution in [3.63, 3.8) is 0 Å². The molecule has 0 saturated carbocycles. The van der Waals surface area contributed by atoms with E-state index in [0.717, 1.165) is 56.3 Å². The van der Waals surface area contributed by atoms with Crippen molar-refractivity contribution in [3.05, 3.63) is 95.1 Å². The Labute approximate surface area is 237 Å². The predicted octanol–water partition coefficient (Wildman–Crippen LogP) is 10.7. The molecule has 0 fully saturated rings. The van der Waals surface area contributed by atoms with Crippen LogP contribution in [0, 0.1) is 12.3 Å². The summed E-state index contributed by atoms with van der Waals surface area (Å²) in [5, 5.41) is 2.27. The minimum atomic E-state index is 0.213. The lowest BCUT2D eigenvalue weighted by molar-refractivity contribution is 0.411. The molecule has 0 N–H and O–H groups in total. The Morgan fingerprint density at radius 2 is 1.45 bits per heavy atom. The van der Waals surface area contributed by atoms with E-state index in [2.05, 4.69) is 127 Å². The molecule has 0 aliphatic carbocycles. The first-order chi connectivity index (χ1) is 19.0. The van der Waals surface area contributed by atoms with Crippen molar-refractivity contribution in [2.75, 3.05) is 0 Å². The molecule has 0 radical (unpaired) electrons. The van der Waals surface area contributed by atoms with Crippen LogP contribution in [-0.4, -0.2) is 9.55 Å². The maximum atomic E-state index is 6.58.